The van der Waals surface area contributed by atoms with E-state index < -0.39 is 16.1 Å². The number of aryl methyl sites for hydroxylation is 1. The summed E-state index contributed by atoms with van der Waals surface area (Å²) in [5.41, 5.74) is 1.94. The molecule has 34 heavy (non-hydrogen) atoms. The Morgan fingerprint density at radius 1 is 1.21 bits per heavy atom. The molecule has 182 valence electrons. The molecule has 4 rings (SSSR count). The second-order valence-corrected chi connectivity index (χ2v) is 10.5. The summed E-state index contributed by atoms with van der Waals surface area (Å²) in [4.78, 5) is 25.0. The van der Waals surface area contributed by atoms with E-state index in [1.54, 1.807) is 19.2 Å². The summed E-state index contributed by atoms with van der Waals surface area (Å²) in [5.74, 6) is 0.278. The first-order chi connectivity index (χ1) is 16.2. The number of fused-ring (bicyclic) bond motifs is 1. The van der Waals surface area contributed by atoms with Gasteiger partial charge in [0.2, 0.25) is 15.9 Å². The predicted molar refractivity (Wildman–Crippen MR) is 128 cm³/mol. The monoisotopic (exact) mass is 487 g/mol. The van der Waals surface area contributed by atoms with Gasteiger partial charge in [-0.3, -0.25) is 9.59 Å². The lowest BCUT2D eigenvalue weighted by Crippen LogP contribution is -2.41. The van der Waals surface area contributed by atoms with Crippen LogP contribution in [0.5, 0.6) is 11.5 Å². The molecule has 1 atom stereocenters. The highest BCUT2D eigenvalue weighted by Crippen LogP contribution is 2.34. The molecule has 2 aromatic carbocycles. The molecule has 10 heteroatoms. The maximum absolute atomic E-state index is 13.2. The van der Waals surface area contributed by atoms with Gasteiger partial charge in [0.1, 0.15) is 11.5 Å². The number of sulfonamides is 1. The van der Waals surface area contributed by atoms with E-state index in [4.69, 9.17) is 9.47 Å². The summed E-state index contributed by atoms with van der Waals surface area (Å²) in [7, 11) is -2.24. The Labute approximate surface area is 199 Å². The number of rotatable bonds is 6. The van der Waals surface area contributed by atoms with Crippen LogP contribution in [-0.2, 0) is 19.6 Å². The van der Waals surface area contributed by atoms with Gasteiger partial charge < -0.3 is 20.1 Å². The molecule has 0 aromatic heterocycles. The molecular formula is C24H29N3O6S. The highest BCUT2D eigenvalue weighted by Gasteiger charge is 2.34. The number of amides is 2. The molecule has 0 aliphatic carbocycles. The van der Waals surface area contributed by atoms with Crippen LogP contribution in [0.3, 0.4) is 0 Å². The summed E-state index contributed by atoms with van der Waals surface area (Å²) in [6.07, 6.45) is 0.745. The minimum atomic E-state index is -3.78. The third-order valence-corrected chi connectivity index (χ3v) is 8.11. The van der Waals surface area contributed by atoms with Crippen molar-refractivity contribution in [1.82, 2.24) is 4.31 Å². The van der Waals surface area contributed by atoms with Crippen LogP contribution < -0.4 is 20.1 Å². The fourth-order valence-corrected chi connectivity index (χ4v) is 5.72. The number of piperidine rings is 1. The highest BCUT2D eigenvalue weighted by molar-refractivity contribution is 7.89. The molecule has 1 saturated heterocycles. The smallest absolute Gasteiger partial charge is 0.265 e. The molecule has 2 aliphatic rings. The lowest BCUT2D eigenvalue weighted by atomic mass is 9.97. The third kappa shape index (κ3) is 4.74. The van der Waals surface area contributed by atoms with Crippen molar-refractivity contribution in [2.45, 2.75) is 44.1 Å². The SMILES string of the molecule is CC[C@@H]1Oc2ccc(S(=O)(=O)N3CCC(C(=O)Nc4cc(C)ccc4OC)CC3)cc2NC1=O. The van der Waals surface area contributed by atoms with Crippen molar-refractivity contribution in [3.05, 3.63) is 42.0 Å². The quantitative estimate of drug-likeness (QED) is 0.647. The zero-order valence-corrected chi connectivity index (χ0v) is 20.3. The van der Waals surface area contributed by atoms with Crippen LogP contribution in [0.25, 0.3) is 0 Å². The summed E-state index contributed by atoms with van der Waals surface area (Å²) in [6.45, 7) is 4.22. The molecule has 1 fully saturated rings. The lowest BCUT2D eigenvalue weighted by Gasteiger charge is -2.31. The van der Waals surface area contributed by atoms with Crippen LogP contribution in [0.4, 0.5) is 11.4 Å². The average Bonchev–Trinajstić information content (AvgIpc) is 2.83. The minimum absolute atomic E-state index is 0.0810. The summed E-state index contributed by atoms with van der Waals surface area (Å²) < 4.78 is 38.8. The van der Waals surface area contributed by atoms with Crippen molar-refractivity contribution in [3.63, 3.8) is 0 Å². The standard InChI is InChI=1S/C24H29N3O6S/c1-4-20-24(29)26-19-14-17(6-8-22(19)33-20)34(30,31)27-11-9-16(10-12-27)23(28)25-18-13-15(2)5-7-21(18)32-3/h5-8,13-14,16,20H,4,9-12H2,1-3H3,(H,25,28)(H,26,29)/t20-/m0/s1. The number of hydrogen-bond acceptors (Lipinski definition) is 6. The average molecular weight is 488 g/mol. The van der Waals surface area contributed by atoms with Crippen molar-refractivity contribution in [1.29, 1.82) is 0 Å². The van der Waals surface area contributed by atoms with Gasteiger partial charge in [0.05, 0.1) is 23.4 Å². The largest absolute Gasteiger partial charge is 0.495 e. The number of nitrogens with zero attached hydrogens (tertiary/aromatic N) is 1. The van der Waals surface area contributed by atoms with Gasteiger partial charge >= 0.3 is 0 Å². The lowest BCUT2D eigenvalue weighted by molar-refractivity contribution is -0.123. The van der Waals surface area contributed by atoms with E-state index in [1.807, 2.05) is 26.0 Å². The van der Waals surface area contributed by atoms with Crippen LogP contribution in [0.1, 0.15) is 31.7 Å². The van der Waals surface area contributed by atoms with E-state index in [1.165, 1.54) is 16.4 Å². The molecular weight excluding hydrogens is 458 g/mol. The van der Waals surface area contributed by atoms with E-state index in [0.717, 1.165) is 5.56 Å². The minimum Gasteiger partial charge on any atom is -0.495 e. The van der Waals surface area contributed by atoms with Gasteiger partial charge in [-0.15, -0.1) is 0 Å². The van der Waals surface area contributed by atoms with Gasteiger partial charge in [0.25, 0.3) is 5.91 Å². The van der Waals surface area contributed by atoms with Crippen molar-refractivity contribution in [3.8, 4) is 11.5 Å². The van der Waals surface area contributed by atoms with E-state index in [0.29, 0.717) is 42.1 Å². The normalized spacial score (nSPS) is 19.0. The number of hydrogen-bond donors (Lipinski definition) is 2. The maximum Gasteiger partial charge on any atom is 0.265 e. The van der Waals surface area contributed by atoms with E-state index >= 15 is 0 Å². The first-order valence-corrected chi connectivity index (χ1v) is 12.7. The Kier molecular flexibility index (Phi) is 6.81. The first kappa shape index (κ1) is 24.0. The van der Waals surface area contributed by atoms with Crippen molar-refractivity contribution in [2.75, 3.05) is 30.8 Å². The topological polar surface area (TPSA) is 114 Å². The van der Waals surface area contributed by atoms with Crippen LogP contribution in [0, 0.1) is 12.8 Å². The first-order valence-electron chi connectivity index (χ1n) is 11.3. The number of anilines is 2. The van der Waals surface area contributed by atoms with Gasteiger partial charge in [-0.05, 0) is 62.1 Å². The van der Waals surface area contributed by atoms with E-state index in [9.17, 15) is 18.0 Å². The molecule has 0 bridgehead atoms. The number of methoxy groups -OCH3 is 1. The molecule has 9 nitrogen and oxygen atoms in total. The summed E-state index contributed by atoms with van der Waals surface area (Å²) in [5, 5.41) is 5.64. The number of carbonyl (C=O) groups is 2. The van der Waals surface area contributed by atoms with Gasteiger partial charge in [-0.2, -0.15) is 4.31 Å². The predicted octanol–water partition coefficient (Wildman–Crippen LogP) is 3.15. The van der Waals surface area contributed by atoms with Crippen LogP contribution >= 0.6 is 0 Å². The van der Waals surface area contributed by atoms with Gasteiger partial charge in [0, 0.05) is 19.0 Å². The third-order valence-electron chi connectivity index (χ3n) is 6.22. The fourth-order valence-electron chi connectivity index (χ4n) is 4.22. The van der Waals surface area contributed by atoms with E-state index in [2.05, 4.69) is 10.6 Å². The maximum atomic E-state index is 13.2. The molecule has 2 aromatic rings. The molecule has 0 unspecified atom stereocenters. The van der Waals surface area contributed by atoms with Gasteiger partial charge in [-0.25, -0.2) is 8.42 Å². The second kappa shape index (κ2) is 9.63. The number of benzene rings is 2. The second-order valence-electron chi connectivity index (χ2n) is 8.53. The fraction of sp³-hybridized carbons (Fsp3) is 0.417. The zero-order valence-electron chi connectivity index (χ0n) is 19.5. The van der Waals surface area contributed by atoms with Gasteiger partial charge in [-0.1, -0.05) is 13.0 Å². The molecule has 2 N–H and O–H groups in total. The molecule has 0 radical (unpaired) electrons. The number of carbonyl (C=O) groups excluding carboxylic acids is 2. The van der Waals surface area contributed by atoms with Crippen molar-refractivity contribution in [2.24, 2.45) is 5.92 Å². The Morgan fingerprint density at radius 3 is 2.62 bits per heavy atom. The Balaban J connectivity index is 1.42. The van der Waals surface area contributed by atoms with Crippen LogP contribution in [-0.4, -0.2) is 50.8 Å². The molecule has 2 amide bonds. The van der Waals surface area contributed by atoms with Crippen LogP contribution in [0.2, 0.25) is 0 Å². The Morgan fingerprint density at radius 2 is 1.94 bits per heavy atom. The van der Waals surface area contributed by atoms with Crippen LogP contribution in [0.15, 0.2) is 41.3 Å². The Hall–Kier alpha value is -3.11. The zero-order chi connectivity index (χ0) is 24.5. The molecule has 2 heterocycles. The van der Waals surface area contributed by atoms with Gasteiger partial charge in [0.15, 0.2) is 6.10 Å². The molecule has 0 saturated carbocycles. The summed E-state index contributed by atoms with van der Waals surface area (Å²) >= 11 is 0. The molecule has 0 spiro atoms. The highest BCUT2D eigenvalue weighted by atomic mass is 32.2. The summed E-state index contributed by atoms with van der Waals surface area (Å²) in [6, 6.07) is 10.0. The number of nitrogens with one attached hydrogen (secondary N) is 2. The Bertz CT molecular complexity index is 1210. The molecule has 2 aliphatic heterocycles. The van der Waals surface area contributed by atoms with Crippen molar-refractivity contribution < 1.29 is 27.5 Å². The number of ether oxygens (including phenoxy) is 2. The van der Waals surface area contributed by atoms with E-state index in [-0.39, 0.29) is 35.7 Å². The van der Waals surface area contributed by atoms with Crippen molar-refractivity contribution >= 4 is 33.2 Å².